The standard InChI is InChI=1S/C12H16N4O/c1-16(2)12(17)15-8-7-14-11-6-4-3-5-10(11)9-13/h3-6,14H,7-8H2,1-2H3,(H,15,17). The molecule has 0 saturated carbocycles. The van der Waals surface area contributed by atoms with Crippen LogP contribution in [0.2, 0.25) is 0 Å². The lowest BCUT2D eigenvalue weighted by Crippen LogP contribution is -2.37. The number of benzene rings is 1. The van der Waals surface area contributed by atoms with Crippen LogP contribution in [-0.2, 0) is 0 Å². The molecular formula is C12H16N4O. The first-order chi connectivity index (χ1) is 8.15. The zero-order valence-electron chi connectivity index (χ0n) is 10.0. The normalized spacial score (nSPS) is 9.24. The van der Waals surface area contributed by atoms with E-state index in [0.717, 1.165) is 5.69 Å². The summed E-state index contributed by atoms with van der Waals surface area (Å²) in [6.45, 7) is 1.09. The van der Waals surface area contributed by atoms with Crippen LogP contribution in [0.15, 0.2) is 24.3 Å². The number of amides is 2. The number of nitrogens with one attached hydrogen (secondary N) is 2. The van der Waals surface area contributed by atoms with Crippen molar-refractivity contribution in [1.29, 1.82) is 5.26 Å². The van der Waals surface area contributed by atoms with Gasteiger partial charge in [0.2, 0.25) is 0 Å². The average Bonchev–Trinajstić information content (AvgIpc) is 2.34. The first-order valence-electron chi connectivity index (χ1n) is 5.33. The predicted molar refractivity (Wildman–Crippen MR) is 66.7 cm³/mol. The van der Waals surface area contributed by atoms with Gasteiger partial charge in [0.25, 0.3) is 0 Å². The molecule has 0 radical (unpaired) electrons. The predicted octanol–water partition coefficient (Wildman–Crippen LogP) is 1.24. The molecule has 90 valence electrons. The fourth-order valence-electron chi connectivity index (χ4n) is 1.26. The summed E-state index contributed by atoms with van der Waals surface area (Å²) in [6.07, 6.45) is 0. The van der Waals surface area contributed by atoms with Crippen LogP contribution in [0.4, 0.5) is 10.5 Å². The molecule has 0 atom stereocenters. The lowest BCUT2D eigenvalue weighted by molar-refractivity contribution is 0.218. The zero-order chi connectivity index (χ0) is 12.7. The number of hydrogen-bond acceptors (Lipinski definition) is 3. The number of para-hydroxylation sites is 1. The number of anilines is 1. The van der Waals surface area contributed by atoms with Gasteiger partial charge in [-0.25, -0.2) is 4.79 Å². The van der Waals surface area contributed by atoms with E-state index in [-0.39, 0.29) is 6.03 Å². The van der Waals surface area contributed by atoms with Crippen molar-refractivity contribution in [3.05, 3.63) is 29.8 Å². The maximum absolute atomic E-state index is 11.2. The number of carbonyl (C=O) groups excluding carboxylic acids is 1. The lowest BCUT2D eigenvalue weighted by atomic mass is 10.2. The van der Waals surface area contributed by atoms with E-state index in [0.29, 0.717) is 18.7 Å². The minimum atomic E-state index is -0.125. The molecule has 17 heavy (non-hydrogen) atoms. The van der Waals surface area contributed by atoms with Crippen LogP contribution < -0.4 is 10.6 Å². The molecule has 0 aliphatic carbocycles. The van der Waals surface area contributed by atoms with Gasteiger partial charge in [-0.3, -0.25) is 0 Å². The number of hydrogen-bond donors (Lipinski definition) is 2. The van der Waals surface area contributed by atoms with Crippen molar-refractivity contribution in [2.24, 2.45) is 0 Å². The number of urea groups is 1. The van der Waals surface area contributed by atoms with Gasteiger partial charge in [-0.1, -0.05) is 12.1 Å². The Labute approximate surface area is 101 Å². The third kappa shape index (κ3) is 4.03. The molecule has 0 spiro atoms. The van der Waals surface area contributed by atoms with Gasteiger partial charge in [-0.15, -0.1) is 0 Å². The van der Waals surface area contributed by atoms with Gasteiger partial charge in [-0.05, 0) is 12.1 Å². The van der Waals surface area contributed by atoms with Crippen LogP contribution in [-0.4, -0.2) is 38.1 Å². The largest absolute Gasteiger partial charge is 0.382 e. The van der Waals surface area contributed by atoms with Crippen molar-refractivity contribution in [1.82, 2.24) is 10.2 Å². The Kier molecular flexibility index (Phi) is 4.82. The maximum Gasteiger partial charge on any atom is 0.316 e. The fraction of sp³-hybridized carbons (Fsp3) is 0.333. The van der Waals surface area contributed by atoms with Gasteiger partial charge in [-0.2, -0.15) is 5.26 Å². The molecule has 5 nitrogen and oxygen atoms in total. The molecule has 2 N–H and O–H groups in total. The van der Waals surface area contributed by atoms with E-state index in [1.807, 2.05) is 18.2 Å². The van der Waals surface area contributed by atoms with E-state index in [1.54, 1.807) is 20.2 Å². The zero-order valence-corrected chi connectivity index (χ0v) is 10.0. The third-order valence-corrected chi connectivity index (χ3v) is 2.17. The van der Waals surface area contributed by atoms with Gasteiger partial charge in [0.1, 0.15) is 6.07 Å². The first-order valence-corrected chi connectivity index (χ1v) is 5.33. The van der Waals surface area contributed by atoms with E-state index < -0.39 is 0 Å². The molecule has 5 heteroatoms. The molecular weight excluding hydrogens is 216 g/mol. The summed E-state index contributed by atoms with van der Waals surface area (Å²) in [7, 11) is 3.38. The highest BCUT2D eigenvalue weighted by atomic mass is 16.2. The summed E-state index contributed by atoms with van der Waals surface area (Å²) >= 11 is 0. The summed E-state index contributed by atoms with van der Waals surface area (Å²) in [5, 5.41) is 14.7. The second-order valence-corrected chi connectivity index (χ2v) is 3.71. The summed E-state index contributed by atoms with van der Waals surface area (Å²) in [5.74, 6) is 0. The Balaban J connectivity index is 2.37. The highest BCUT2D eigenvalue weighted by Gasteiger charge is 2.02. The number of rotatable bonds is 4. The summed E-state index contributed by atoms with van der Waals surface area (Å²) in [4.78, 5) is 12.7. The van der Waals surface area contributed by atoms with Crippen molar-refractivity contribution in [2.75, 3.05) is 32.5 Å². The minimum absolute atomic E-state index is 0.125. The van der Waals surface area contributed by atoms with E-state index in [9.17, 15) is 4.79 Å². The van der Waals surface area contributed by atoms with Gasteiger partial charge in [0, 0.05) is 27.2 Å². The second-order valence-electron chi connectivity index (χ2n) is 3.71. The Morgan fingerprint density at radius 3 is 2.71 bits per heavy atom. The van der Waals surface area contributed by atoms with Crippen LogP contribution in [0.1, 0.15) is 5.56 Å². The second kappa shape index (κ2) is 6.38. The highest BCUT2D eigenvalue weighted by Crippen LogP contribution is 2.12. The summed E-state index contributed by atoms with van der Waals surface area (Å²) < 4.78 is 0. The number of nitrogens with zero attached hydrogens (tertiary/aromatic N) is 2. The number of carbonyl (C=O) groups is 1. The molecule has 0 aliphatic rings. The Bertz CT molecular complexity index is 423. The average molecular weight is 232 g/mol. The molecule has 0 fully saturated rings. The third-order valence-electron chi connectivity index (χ3n) is 2.17. The molecule has 0 aromatic heterocycles. The van der Waals surface area contributed by atoms with Crippen molar-refractivity contribution < 1.29 is 4.79 Å². The van der Waals surface area contributed by atoms with Crippen molar-refractivity contribution >= 4 is 11.7 Å². The molecule has 0 bridgehead atoms. The quantitative estimate of drug-likeness (QED) is 0.767. The minimum Gasteiger partial charge on any atom is -0.382 e. The van der Waals surface area contributed by atoms with Crippen LogP contribution in [0.5, 0.6) is 0 Å². The van der Waals surface area contributed by atoms with Crippen molar-refractivity contribution in [2.45, 2.75) is 0 Å². The first kappa shape index (κ1) is 12.8. The van der Waals surface area contributed by atoms with E-state index in [2.05, 4.69) is 16.7 Å². The summed E-state index contributed by atoms with van der Waals surface area (Å²) in [5.41, 5.74) is 1.39. The van der Waals surface area contributed by atoms with E-state index >= 15 is 0 Å². The van der Waals surface area contributed by atoms with Gasteiger partial charge in [0.15, 0.2) is 0 Å². The van der Waals surface area contributed by atoms with Crippen molar-refractivity contribution in [3.63, 3.8) is 0 Å². The highest BCUT2D eigenvalue weighted by molar-refractivity contribution is 5.73. The van der Waals surface area contributed by atoms with Crippen LogP contribution in [0, 0.1) is 11.3 Å². The monoisotopic (exact) mass is 232 g/mol. The SMILES string of the molecule is CN(C)C(=O)NCCNc1ccccc1C#N. The van der Waals surface area contributed by atoms with E-state index in [1.165, 1.54) is 4.90 Å². The molecule has 0 unspecified atom stereocenters. The molecule has 0 heterocycles. The Morgan fingerprint density at radius 1 is 1.35 bits per heavy atom. The summed E-state index contributed by atoms with van der Waals surface area (Å²) in [6, 6.07) is 9.25. The van der Waals surface area contributed by atoms with Crippen LogP contribution in [0.3, 0.4) is 0 Å². The van der Waals surface area contributed by atoms with Gasteiger partial charge >= 0.3 is 6.03 Å². The molecule has 1 aromatic rings. The number of nitriles is 1. The smallest absolute Gasteiger partial charge is 0.316 e. The van der Waals surface area contributed by atoms with Crippen LogP contribution >= 0.6 is 0 Å². The Morgan fingerprint density at radius 2 is 2.06 bits per heavy atom. The van der Waals surface area contributed by atoms with Gasteiger partial charge < -0.3 is 15.5 Å². The molecule has 0 aliphatic heterocycles. The van der Waals surface area contributed by atoms with Crippen molar-refractivity contribution in [3.8, 4) is 6.07 Å². The Hall–Kier alpha value is -2.22. The molecule has 2 amide bonds. The molecule has 1 rings (SSSR count). The van der Waals surface area contributed by atoms with Crippen LogP contribution in [0.25, 0.3) is 0 Å². The maximum atomic E-state index is 11.2. The van der Waals surface area contributed by atoms with Gasteiger partial charge in [0.05, 0.1) is 11.3 Å². The molecule has 1 aromatic carbocycles. The molecule has 0 saturated heterocycles. The lowest BCUT2D eigenvalue weighted by Gasteiger charge is -2.13. The fourth-order valence-corrected chi connectivity index (χ4v) is 1.26. The van der Waals surface area contributed by atoms with E-state index in [4.69, 9.17) is 5.26 Å². The topological polar surface area (TPSA) is 68.2 Å².